The van der Waals surface area contributed by atoms with Crippen molar-refractivity contribution in [3.05, 3.63) is 0 Å². The SMILES string of the molecule is CC(N)C(=O)NC(CCCCN)C(=O)NC(CO)C(=O)NC(CCC(N)=O)C(=O)O. The Hall–Kier alpha value is -2.77. The van der Waals surface area contributed by atoms with E-state index < -0.39 is 60.4 Å². The van der Waals surface area contributed by atoms with E-state index in [9.17, 15) is 29.1 Å². The zero-order valence-corrected chi connectivity index (χ0v) is 16.9. The van der Waals surface area contributed by atoms with Crippen LogP contribution >= 0.6 is 0 Å². The van der Waals surface area contributed by atoms with Crippen molar-refractivity contribution in [1.29, 1.82) is 0 Å². The van der Waals surface area contributed by atoms with Crippen molar-refractivity contribution in [3.63, 3.8) is 0 Å². The minimum absolute atomic E-state index is 0.220. The average Bonchev–Trinajstić information content (AvgIpc) is 2.67. The van der Waals surface area contributed by atoms with Gasteiger partial charge in [0, 0.05) is 6.42 Å². The van der Waals surface area contributed by atoms with Crippen molar-refractivity contribution in [2.45, 2.75) is 63.2 Å². The topological polar surface area (TPSA) is 240 Å². The van der Waals surface area contributed by atoms with Crippen LogP contribution in [0, 0.1) is 0 Å². The summed E-state index contributed by atoms with van der Waals surface area (Å²) >= 11 is 0. The molecule has 0 spiro atoms. The summed E-state index contributed by atoms with van der Waals surface area (Å²) in [5.74, 6) is -4.45. The Morgan fingerprint density at radius 1 is 0.867 bits per heavy atom. The molecule has 30 heavy (non-hydrogen) atoms. The lowest BCUT2D eigenvalue weighted by Crippen LogP contribution is -2.58. The highest BCUT2D eigenvalue weighted by Crippen LogP contribution is 2.03. The van der Waals surface area contributed by atoms with Crippen LogP contribution in [0.2, 0.25) is 0 Å². The molecule has 0 saturated heterocycles. The van der Waals surface area contributed by atoms with Gasteiger partial charge in [-0.05, 0) is 39.2 Å². The van der Waals surface area contributed by atoms with Crippen LogP contribution in [0.1, 0.15) is 39.0 Å². The number of aliphatic hydroxyl groups is 1. The van der Waals surface area contributed by atoms with Crippen molar-refractivity contribution in [1.82, 2.24) is 16.0 Å². The summed E-state index contributed by atoms with van der Waals surface area (Å²) in [6.45, 7) is 1.00. The van der Waals surface area contributed by atoms with Crippen molar-refractivity contribution >= 4 is 29.6 Å². The molecule has 0 aromatic carbocycles. The molecular formula is C17H32N6O7. The lowest BCUT2D eigenvalue weighted by molar-refractivity contribution is -0.143. The first-order chi connectivity index (χ1) is 14.0. The lowest BCUT2D eigenvalue weighted by Gasteiger charge is -2.24. The number of unbranched alkanes of at least 4 members (excludes halogenated alkanes) is 1. The molecule has 11 N–H and O–H groups in total. The summed E-state index contributed by atoms with van der Waals surface area (Å²) in [5.41, 5.74) is 15.9. The highest BCUT2D eigenvalue weighted by Gasteiger charge is 2.29. The quantitative estimate of drug-likeness (QED) is 0.118. The summed E-state index contributed by atoms with van der Waals surface area (Å²) in [5, 5.41) is 25.5. The monoisotopic (exact) mass is 432 g/mol. The van der Waals surface area contributed by atoms with Crippen LogP contribution in [0.4, 0.5) is 0 Å². The first kappa shape index (κ1) is 27.2. The number of hydrogen-bond acceptors (Lipinski definition) is 8. The van der Waals surface area contributed by atoms with Gasteiger partial charge >= 0.3 is 5.97 Å². The summed E-state index contributed by atoms with van der Waals surface area (Å²) in [6.07, 6.45) is 0.798. The second-order valence-electron chi connectivity index (χ2n) is 6.78. The Labute approximate surface area is 174 Å². The molecule has 4 unspecified atom stereocenters. The molecule has 0 bridgehead atoms. The van der Waals surface area contributed by atoms with Gasteiger partial charge in [-0.3, -0.25) is 19.2 Å². The van der Waals surface area contributed by atoms with E-state index in [0.29, 0.717) is 19.4 Å². The molecule has 13 nitrogen and oxygen atoms in total. The molecule has 0 saturated carbocycles. The smallest absolute Gasteiger partial charge is 0.326 e. The van der Waals surface area contributed by atoms with Crippen molar-refractivity contribution in [2.75, 3.05) is 13.2 Å². The Balaban J connectivity index is 5.12. The number of carbonyl (C=O) groups is 5. The summed E-state index contributed by atoms with van der Waals surface area (Å²) in [7, 11) is 0. The van der Waals surface area contributed by atoms with Gasteiger partial charge in [0.1, 0.15) is 18.1 Å². The molecule has 0 radical (unpaired) electrons. The van der Waals surface area contributed by atoms with Gasteiger partial charge in [-0.25, -0.2) is 4.79 Å². The van der Waals surface area contributed by atoms with Crippen LogP contribution in [-0.2, 0) is 24.0 Å². The second-order valence-corrected chi connectivity index (χ2v) is 6.78. The average molecular weight is 432 g/mol. The third-order valence-corrected chi connectivity index (χ3v) is 4.10. The zero-order valence-electron chi connectivity index (χ0n) is 16.9. The fourth-order valence-electron chi connectivity index (χ4n) is 2.35. The molecule has 0 fully saturated rings. The normalized spacial score (nSPS) is 14.7. The highest BCUT2D eigenvalue weighted by atomic mass is 16.4. The summed E-state index contributed by atoms with van der Waals surface area (Å²) in [4.78, 5) is 58.8. The van der Waals surface area contributed by atoms with E-state index in [1.165, 1.54) is 6.92 Å². The van der Waals surface area contributed by atoms with Gasteiger partial charge in [0.05, 0.1) is 12.6 Å². The largest absolute Gasteiger partial charge is 0.480 e. The van der Waals surface area contributed by atoms with E-state index in [0.717, 1.165) is 0 Å². The Morgan fingerprint density at radius 2 is 1.40 bits per heavy atom. The number of hydrogen-bond donors (Lipinski definition) is 8. The standard InChI is InChI=1S/C17H32N6O7/c1-9(19)14(26)21-10(4-2-3-7-18)15(27)23-12(8-24)16(28)22-11(17(29)30)5-6-13(20)25/h9-12,24H,2-8,18-19H2,1H3,(H2,20,25)(H,21,26)(H,22,28)(H,23,27)(H,29,30). The maximum Gasteiger partial charge on any atom is 0.326 e. The van der Waals surface area contributed by atoms with Crippen LogP contribution in [0.25, 0.3) is 0 Å². The number of nitrogens with two attached hydrogens (primary N) is 3. The number of carboxylic acid groups (broad SMARTS) is 1. The molecule has 0 rings (SSSR count). The van der Waals surface area contributed by atoms with E-state index in [4.69, 9.17) is 22.3 Å². The van der Waals surface area contributed by atoms with Crippen LogP contribution in [0.3, 0.4) is 0 Å². The van der Waals surface area contributed by atoms with Gasteiger partial charge < -0.3 is 43.4 Å². The molecule has 172 valence electrons. The molecule has 0 aromatic rings. The third-order valence-electron chi connectivity index (χ3n) is 4.10. The molecule has 0 aliphatic carbocycles. The Morgan fingerprint density at radius 3 is 1.87 bits per heavy atom. The predicted octanol–water partition coefficient (Wildman–Crippen LogP) is -3.74. The molecule has 0 aliphatic rings. The lowest BCUT2D eigenvalue weighted by atomic mass is 10.1. The Bertz CT molecular complexity index is 613. The van der Waals surface area contributed by atoms with E-state index >= 15 is 0 Å². The summed E-state index contributed by atoms with van der Waals surface area (Å²) in [6, 6.07) is -4.80. The van der Waals surface area contributed by atoms with Gasteiger partial charge in [-0.15, -0.1) is 0 Å². The molecule has 4 atom stereocenters. The number of carbonyl (C=O) groups excluding carboxylic acids is 4. The number of primary amides is 1. The number of nitrogens with one attached hydrogen (secondary N) is 3. The number of carboxylic acids is 1. The third kappa shape index (κ3) is 10.7. The van der Waals surface area contributed by atoms with Crippen molar-refractivity contribution in [3.8, 4) is 0 Å². The van der Waals surface area contributed by atoms with Gasteiger partial charge in [0.2, 0.25) is 23.6 Å². The zero-order chi connectivity index (χ0) is 23.3. The maximum atomic E-state index is 12.5. The fraction of sp³-hybridized carbons (Fsp3) is 0.706. The molecule has 0 aromatic heterocycles. The maximum absolute atomic E-state index is 12.5. The van der Waals surface area contributed by atoms with E-state index in [1.54, 1.807) is 0 Å². The van der Waals surface area contributed by atoms with Gasteiger partial charge in [-0.1, -0.05) is 0 Å². The van der Waals surface area contributed by atoms with Gasteiger partial charge in [0.15, 0.2) is 0 Å². The second kappa shape index (κ2) is 14.3. The van der Waals surface area contributed by atoms with Crippen LogP contribution < -0.4 is 33.2 Å². The molecule has 0 aliphatic heterocycles. The highest BCUT2D eigenvalue weighted by molar-refractivity contribution is 5.94. The van der Waals surface area contributed by atoms with Gasteiger partial charge in [0.25, 0.3) is 0 Å². The number of aliphatic hydroxyl groups excluding tert-OH is 1. The Kier molecular flexibility index (Phi) is 12.9. The van der Waals surface area contributed by atoms with E-state index in [1.807, 2.05) is 0 Å². The van der Waals surface area contributed by atoms with Crippen LogP contribution in [0.15, 0.2) is 0 Å². The molecular weight excluding hydrogens is 400 g/mol. The van der Waals surface area contributed by atoms with Crippen molar-refractivity contribution < 1.29 is 34.2 Å². The number of amides is 4. The minimum atomic E-state index is -1.47. The number of aliphatic carboxylic acids is 1. The first-order valence-electron chi connectivity index (χ1n) is 9.52. The minimum Gasteiger partial charge on any atom is -0.480 e. The summed E-state index contributed by atoms with van der Waals surface area (Å²) < 4.78 is 0. The van der Waals surface area contributed by atoms with Gasteiger partial charge in [-0.2, -0.15) is 0 Å². The first-order valence-corrected chi connectivity index (χ1v) is 9.52. The molecule has 13 heteroatoms. The fourth-order valence-corrected chi connectivity index (χ4v) is 2.35. The van der Waals surface area contributed by atoms with Crippen LogP contribution in [-0.4, -0.2) is 77.1 Å². The van der Waals surface area contributed by atoms with E-state index in [-0.39, 0.29) is 19.3 Å². The van der Waals surface area contributed by atoms with E-state index in [2.05, 4.69) is 16.0 Å². The predicted molar refractivity (Wildman–Crippen MR) is 105 cm³/mol. The van der Waals surface area contributed by atoms with Crippen LogP contribution in [0.5, 0.6) is 0 Å². The number of rotatable bonds is 15. The van der Waals surface area contributed by atoms with Crippen molar-refractivity contribution in [2.24, 2.45) is 17.2 Å². The molecule has 0 heterocycles. The molecule has 4 amide bonds.